The number of hydrogen-bond acceptors (Lipinski definition) is 7. The van der Waals surface area contributed by atoms with Crippen molar-refractivity contribution in [2.24, 2.45) is 11.5 Å². The maximum Gasteiger partial charge on any atom is 0.326 e. The van der Waals surface area contributed by atoms with E-state index in [9.17, 15) is 24.3 Å². The van der Waals surface area contributed by atoms with Gasteiger partial charge >= 0.3 is 5.97 Å². The summed E-state index contributed by atoms with van der Waals surface area (Å²) in [5.74, 6) is -3.07. The molecule has 0 aliphatic rings. The average Bonchev–Trinajstić information content (AvgIpc) is 3.84. The number of amides is 3. The number of H-pyrrole nitrogens is 3. The van der Waals surface area contributed by atoms with Gasteiger partial charge in [-0.3, -0.25) is 14.4 Å². The van der Waals surface area contributed by atoms with Crippen LogP contribution in [0.25, 0.3) is 21.8 Å². The molecule has 0 saturated carbocycles. The smallest absolute Gasteiger partial charge is 0.326 e. The second kappa shape index (κ2) is 15.9. The molecule has 14 heteroatoms. The standard InChI is InChI=1S/C34H41N9O5/c35-12-6-5-9-25(36)31(44)41-29(15-22-18-37-19-40-22)33(46)42-28(13-20-16-38-26-10-3-1-7-23(20)26)32(45)43-30(34(47)48)14-21-17-39-27-11-4-2-8-24(21)27/h1-4,7-8,10-11,16-19,25,28-30,38-39H,5-6,9,12-15,35-36H2,(H,37,40)(H,41,44)(H,42,46)(H,43,45)(H,47,48). The number of carbonyl (C=O) groups excluding carboxylic acids is 3. The van der Waals surface area contributed by atoms with Gasteiger partial charge in [-0.2, -0.15) is 0 Å². The third-order valence-corrected chi connectivity index (χ3v) is 8.36. The molecule has 2 aromatic carbocycles. The number of aromatic nitrogens is 4. The molecule has 4 unspecified atom stereocenters. The molecule has 11 N–H and O–H groups in total. The Hall–Kier alpha value is -5.47. The lowest BCUT2D eigenvalue weighted by molar-refractivity contribution is -0.142. The van der Waals surface area contributed by atoms with Crippen molar-refractivity contribution < 1.29 is 24.3 Å². The second-order valence-electron chi connectivity index (χ2n) is 11.8. The van der Waals surface area contributed by atoms with Gasteiger partial charge in [0.1, 0.15) is 18.1 Å². The number of fused-ring (bicyclic) bond motifs is 2. The largest absolute Gasteiger partial charge is 0.480 e. The van der Waals surface area contributed by atoms with Crippen LogP contribution in [-0.4, -0.2) is 79.4 Å². The number of rotatable bonds is 17. The zero-order chi connectivity index (χ0) is 34.0. The highest BCUT2D eigenvalue weighted by Crippen LogP contribution is 2.21. The van der Waals surface area contributed by atoms with E-state index in [-0.39, 0.29) is 19.3 Å². The molecule has 5 aromatic rings. The first-order chi connectivity index (χ1) is 23.2. The summed E-state index contributed by atoms with van der Waals surface area (Å²) in [5, 5.41) is 20.0. The summed E-state index contributed by atoms with van der Waals surface area (Å²) in [6.45, 7) is 0.476. The van der Waals surface area contributed by atoms with Crippen LogP contribution in [0.3, 0.4) is 0 Å². The molecule has 4 atom stereocenters. The second-order valence-corrected chi connectivity index (χ2v) is 11.8. The van der Waals surface area contributed by atoms with Crippen LogP contribution in [0, 0.1) is 0 Å². The van der Waals surface area contributed by atoms with Crippen LogP contribution in [0.5, 0.6) is 0 Å². The summed E-state index contributed by atoms with van der Waals surface area (Å²) < 4.78 is 0. The summed E-state index contributed by atoms with van der Waals surface area (Å²) in [7, 11) is 0. The van der Waals surface area contributed by atoms with E-state index in [0.717, 1.165) is 32.9 Å². The van der Waals surface area contributed by atoms with Crippen molar-refractivity contribution in [1.29, 1.82) is 0 Å². The molecule has 0 aliphatic carbocycles. The Morgan fingerprint density at radius 3 is 1.83 bits per heavy atom. The minimum Gasteiger partial charge on any atom is -0.480 e. The third-order valence-electron chi connectivity index (χ3n) is 8.36. The van der Waals surface area contributed by atoms with Gasteiger partial charge in [-0.15, -0.1) is 0 Å². The van der Waals surface area contributed by atoms with Gasteiger partial charge in [0.15, 0.2) is 0 Å². The molecular weight excluding hydrogens is 614 g/mol. The van der Waals surface area contributed by atoms with Crippen molar-refractivity contribution in [2.45, 2.75) is 62.7 Å². The number of carboxylic acids is 1. The van der Waals surface area contributed by atoms with Gasteiger partial charge in [0.05, 0.1) is 12.4 Å². The minimum absolute atomic E-state index is 0.0133. The minimum atomic E-state index is -1.29. The highest BCUT2D eigenvalue weighted by Gasteiger charge is 2.32. The molecule has 0 radical (unpaired) electrons. The molecule has 48 heavy (non-hydrogen) atoms. The number of carbonyl (C=O) groups is 4. The SMILES string of the molecule is NCCCCC(N)C(=O)NC(Cc1cnc[nH]1)C(=O)NC(Cc1c[nH]c2ccccc12)C(=O)NC(Cc1c[nH]c2ccccc12)C(=O)O. The van der Waals surface area contributed by atoms with Crippen molar-refractivity contribution in [3.05, 3.63) is 90.3 Å². The van der Waals surface area contributed by atoms with Gasteiger partial charge in [-0.25, -0.2) is 9.78 Å². The Labute approximate surface area is 276 Å². The van der Waals surface area contributed by atoms with Gasteiger partial charge in [0.25, 0.3) is 0 Å². The van der Waals surface area contributed by atoms with Crippen molar-refractivity contribution >= 4 is 45.5 Å². The number of nitrogens with zero attached hydrogens (tertiary/aromatic N) is 1. The molecule has 14 nitrogen and oxygen atoms in total. The van der Waals surface area contributed by atoms with E-state index < -0.39 is 47.9 Å². The predicted octanol–water partition coefficient (Wildman–Crippen LogP) is 1.40. The molecule has 0 aliphatic heterocycles. The number of carboxylic acid groups (broad SMARTS) is 1. The molecule has 3 amide bonds. The Kier molecular flexibility index (Phi) is 11.2. The van der Waals surface area contributed by atoms with E-state index in [4.69, 9.17) is 11.5 Å². The molecule has 0 fully saturated rings. The van der Waals surface area contributed by atoms with Crippen LogP contribution in [-0.2, 0) is 38.4 Å². The van der Waals surface area contributed by atoms with E-state index in [1.54, 1.807) is 12.4 Å². The third kappa shape index (κ3) is 8.46. The number of para-hydroxylation sites is 2. The molecule has 0 spiro atoms. The van der Waals surface area contributed by atoms with Crippen LogP contribution in [0.4, 0.5) is 0 Å². The van der Waals surface area contributed by atoms with Crippen molar-refractivity contribution in [1.82, 2.24) is 35.9 Å². The van der Waals surface area contributed by atoms with Gasteiger partial charge in [-0.05, 0) is 42.6 Å². The van der Waals surface area contributed by atoms with Gasteiger partial charge in [0.2, 0.25) is 17.7 Å². The zero-order valence-electron chi connectivity index (χ0n) is 26.4. The molecule has 3 aromatic heterocycles. The lowest BCUT2D eigenvalue weighted by atomic mass is 10.0. The van der Waals surface area contributed by atoms with E-state index >= 15 is 0 Å². The first kappa shape index (κ1) is 33.9. The number of aliphatic carboxylic acids is 1. The number of aromatic amines is 3. The molecule has 5 rings (SSSR count). The fourth-order valence-electron chi connectivity index (χ4n) is 5.74. The number of unbranched alkanes of at least 4 members (excludes halogenated alkanes) is 1. The quantitative estimate of drug-likeness (QED) is 0.0662. The van der Waals surface area contributed by atoms with Gasteiger partial charge in [0, 0.05) is 65.4 Å². The van der Waals surface area contributed by atoms with Crippen LogP contribution in [0.2, 0.25) is 0 Å². The monoisotopic (exact) mass is 655 g/mol. The normalized spacial score (nSPS) is 13.9. The van der Waals surface area contributed by atoms with Crippen molar-refractivity contribution in [2.75, 3.05) is 6.54 Å². The van der Waals surface area contributed by atoms with E-state index in [0.29, 0.717) is 31.5 Å². The van der Waals surface area contributed by atoms with Crippen LogP contribution >= 0.6 is 0 Å². The first-order valence-corrected chi connectivity index (χ1v) is 15.9. The number of benzene rings is 2. The predicted molar refractivity (Wildman–Crippen MR) is 181 cm³/mol. The highest BCUT2D eigenvalue weighted by molar-refractivity contribution is 5.95. The van der Waals surface area contributed by atoms with Crippen LogP contribution in [0.1, 0.15) is 36.1 Å². The summed E-state index contributed by atoms with van der Waals surface area (Å²) in [6, 6.07) is 10.5. The Bertz CT molecular complexity index is 1850. The first-order valence-electron chi connectivity index (χ1n) is 15.9. The molecule has 0 bridgehead atoms. The van der Waals surface area contributed by atoms with Crippen LogP contribution in [0.15, 0.2) is 73.4 Å². The number of nitrogens with two attached hydrogens (primary N) is 2. The zero-order valence-corrected chi connectivity index (χ0v) is 26.4. The van der Waals surface area contributed by atoms with E-state index in [1.807, 2.05) is 48.5 Å². The van der Waals surface area contributed by atoms with Crippen molar-refractivity contribution in [3.63, 3.8) is 0 Å². The topological polar surface area (TPSA) is 237 Å². The summed E-state index contributed by atoms with van der Waals surface area (Å²) in [4.78, 5) is 66.5. The fraction of sp³-hybridized carbons (Fsp3) is 0.324. The lowest BCUT2D eigenvalue weighted by Crippen LogP contribution is -2.58. The fourth-order valence-corrected chi connectivity index (χ4v) is 5.74. The maximum atomic E-state index is 13.9. The average molecular weight is 656 g/mol. The summed E-state index contributed by atoms with van der Waals surface area (Å²) in [5.41, 5.74) is 15.4. The van der Waals surface area contributed by atoms with E-state index in [1.165, 1.54) is 12.5 Å². The molecule has 3 heterocycles. The number of hydrogen-bond donors (Lipinski definition) is 9. The van der Waals surface area contributed by atoms with Crippen LogP contribution < -0.4 is 27.4 Å². The molecular formula is C34H41N9O5. The number of nitrogens with one attached hydrogen (secondary N) is 6. The molecule has 0 saturated heterocycles. The van der Waals surface area contributed by atoms with Gasteiger partial charge < -0.3 is 47.5 Å². The van der Waals surface area contributed by atoms with E-state index in [2.05, 4.69) is 35.9 Å². The van der Waals surface area contributed by atoms with Crippen molar-refractivity contribution in [3.8, 4) is 0 Å². The summed E-state index contributed by atoms with van der Waals surface area (Å²) >= 11 is 0. The molecule has 252 valence electrons. The number of imidazole rings is 1. The lowest BCUT2D eigenvalue weighted by Gasteiger charge is -2.25. The Balaban J connectivity index is 1.38. The summed E-state index contributed by atoms with van der Waals surface area (Å²) in [6.07, 6.45) is 8.32. The Morgan fingerprint density at radius 2 is 1.27 bits per heavy atom. The highest BCUT2D eigenvalue weighted by atomic mass is 16.4. The maximum absolute atomic E-state index is 13.9. The van der Waals surface area contributed by atoms with Gasteiger partial charge in [-0.1, -0.05) is 42.8 Å². The Morgan fingerprint density at radius 1 is 0.729 bits per heavy atom.